The van der Waals surface area contributed by atoms with Gasteiger partial charge in [-0.15, -0.1) is 0 Å². The molecule has 1 unspecified atom stereocenters. The molecule has 0 spiro atoms. The molecule has 28 heavy (non-hydrogen) atoms. The van der Waals surface area contributed by atoms with Crippen LogP contribution in [-0.2, 0) is 6.54 Å². The molecule has 0 bridgehead atoms. The number of halogens is 1. The van der Waals surface area contributed by atoms with Crippen LogP contribution in [0, 0.1) is 5.82 Å². The lowest BCUT2D eigenvalue weighted by atomic mass is 10.1. The molecule has 2 heterocycles. The maximum atomic E-state index is 13.8. The Bertz CT molecular complexity index is 850. The third kappa shape index (κ3) is 4.61. The van der Waals surface area contributed by atoms with Gasteiger partial charge in [-0.1, -0.05) is 26.7 Å². The molecule has 154 valence electrons. The molecular weight excluding hydrogens is 355 g/mol. The average Bonchev–Trinajstić information content (AvgIpc) is 2.90. The van der Waals surface area contributed by atoms with Crippen LogP contribution in [0.5, 0.6) is 0 Å². The van der Waals surface area contributed by atoms with Gasteiger partial charge in [-0.05, 0) is 51.1 Å². The Labute approximate surface area is 167 Å². The van der Waals surface area contributed by atoms with Crippen LogP contribution < -0.4 is 5.56 Å². The van der Waals surface area contributed by atoms with Gasteiger partial charge in [0, 0.05) is 26.2 Å². The zero-order valence-electron chi connectivity index (χ0n) is 17.5. The molecule has 3 rings (SSSR count). The first-order chi connectivity index (χ1) is 13.5. The summed E-state index contributed by atoms with van der Waals surface area (Å²) in [6.07, 6.45) is 5.03. The van der Waals surface area contributed by atoms with E-state index in [1.165, 1.54) is 12.1 Å². The summed E-state index contributed by atoms with van der Waals surface area (Å²) in [6, 6.07) is 4.48. The van der Waals surface area contributed by atoms with Gasteiger partial charge >= 0.3 is 0 Å². The predicted molar refractivity (Wildman–Crippen MR) is 112 cm³/mol. The molecule has 0 N–H and O–H groups in total. The van der Waals surface area contributed by atoms with Crippen molar-refractivity contribution in [3.8, 4) is 0 Å². The number of rotatable bonds is 7. The summed E-state index contributed by atoms with van der Waals surface area (Å²) in [5, 5.41) is 0.380. The third-order valence-electron chi connectivity index (χ3n) is 5.74. The topological polar surface area (TPSA) is 41.4 Å². The molecule has 1 aliphatic rings. The Morgan fingerprint density at radius 2 is 1.96 bits per heavy atom. The molecule has 1 saturated heterocycles. The minimum atomic E-state index is -0.387. The zero-order chi connectivity index (χ0) is 20.1. The number of hydrogen-bond acceptors (Lipinski definition) is 4. The lowest BCUT2D eigenvalue weighted by molar-refractivity contribution is 0.179. The van der Waals surface area contributed by atoms with Crippen LogP contribution in [0.25, 0.3) is 10.9 Å². The molecule has 1 fully saturated rings. The van der Waals surface area contributed by atoms with Crippen LogP contribution in [0.4, 0.5) is 4.39 Å². The number of hydrogen-bond donors (Lipinski definition) is 0. The van der Waals surface area contributed by atoms with E-state index in [4.69, 9.17) is 4.98 Å². The van der Waals surface area contributed by atoms with E-state index in [1.54, 1.807) is 6.07 Å². The monoisotopic (exact) mass is 388 g/mol. The van der Waals surface area contributed by atoms with Crippen molar-refractivity contribution in [3.05, 3.63) is 40.2 Å². The van der Waals surface area contributed by atoms with Gasteiger partial charge in [0.25, 0.3) is 5.56 Å². The Hall–Kier alpha value is -1.79. The van der Waals surface area contributed by atoms with Crippen molar-refractivity contribution in [2.45, 2.75) is 58.5 Å². The summed E-state index contributed by atoms with van der Waals surface area (Å²) >= 11 is 0. The fraction of sp³-hybridized carbons (Fsp3) is 0.636. The summed E-state index contributed by atoms with van der Waals surface area (Å²) in [5.41, 5.74) is 0.489. The highest BCUT2D eigenvalue weighted by Gasteiger charge is 2.27. The predicted octanol–water partition coefficient (Wildman–Crippen LogP) is 3.81. The number of likely N-dealkylation sites (N-methyl/N-ethyl adjacent to an activating group) is 1. The summed E-state index contributed by atoms with van der Waals surface area (Å²) in [4.78, 5) is 23.0. The van der Waals surface area contributed by atoms with Crippen molar-refractivity contribution in [3.63, 3.8) is 0 Å². The number of unbranched alkanes of at least 4 members (excludes halogenated alkanes) is 1. The van der Waals surface area contributed by atoms with E-state index < -0.39 is 0 Å². The number of benzene rings is 1. The standard InChI is InChI=1S/C22H33FN4O/c1-4-6-13-27-21(24-19-10-9-17(23)16-18(19)22(27)28)20(8-5-2)26-12-7-11-25(3)14-15-26/h9-10,16,20H,4-8,11-15H2,1-3H3. The number of aromatic nitrogens is 2. The second kappa shape index (κ2) is 9.61. The number of fused-ring (bicyclic) bond motifs is 1. The minimum absolute atomic E-state index is 0.110. The lowest BCUT2D eigenvalue weighted by Crippen LogP contribution is -2.37. The highest BCUT2D eigenvalue weighted by Crippen LogP contribution is 2.26. The van der Waals surface area contributed by atoms with E-state index >= 15 is 0 Å². The summed E-state index contributed by atoms with van der Waals surface area (Å²) in [5.74, 6) is 0.464. The first-order valence-electron chi connectivity index (χ1n) is 10.7. The smallest absolute Gasteiger partial charge is 0.261 e. The van der Waals surface area contributed by atoms with E-state index in [9.17, 15) is 9.18 Å². The van der Waals surface area contributed by atoms with Crippen molar-refractivity contribution in [2.24, 2.45) is 0 Å². The molecule has 0 aliphatic carbocycles. The summed E-state index contributed by atoms with van der Waals surface area (Å²) < 4.78 is 15.6. The molecule has 6 heteroatoms. The van der Waals surface area contributed by atoms with Crippen LogP contribution in [0.3, 0.4) is 0 Å². The maximum Gasteiger partial charge on any atom is 0.261 e. The molecular formula is C22H33FN4O. The van der Waals surface area contributed by atoms with Crippen LogP contribution >= 0.6 is 0 Å². The first-order valence-corrected chi connectivity index (χ1v) is 10.7. The molecule has 1 atom stereocenters. The maximum absolute atomic E-state index is 13.8. The molecule has 5 nitrogen and oxygen atoms in total. The Balaban J connectivity index is 2.10. The molecule has 0 saturated carbocycles. The van der Waals surface area contributed by atoms with Gasteiger partial charge in [0.15, 0.2) is 0 Å². The van der Waals surface area contributed by atoms with Crippen molar-refractivity contribution in [2.75, 3.05) is 33.2 Å². The van der Waals surface area contributed by atoms with Gasteiger partial charge in [0.1, 0.15) is 11.6 Å². The van der Waals surface area contributed by atoms with Crippen molar-refractivity contribution < 1.29 is 4.39 Å². The van der Waals surface area contributed by atoms with Gasteiger partial charge in [-0.25, -0.2) is 9.37 Å². The minimum Gasteiger partial charge on any atom is -0.305 e. The van der Waals surface area contributed by atoms with Gasteiger partial charge in [-0.2, -0.15) is 0 Å². The highest BCUT2D eigenvalue weighted by atomic mass is 19.1. The molecule has 1 aromatic heterocycles. The number of nitrogens with zero attached hydrogens (tertiary/aromatic N) is 4. The molecule has 1 aromatic carbocycles. The lowest BCUT2D eigenvalue weighted by Gasteiger charge is -2.31. The normalized spacial score (nSPS) is 17.7. The highest BCUT2D eigenvalue weighted by molar-refractivity contribution is 5.77. The molecule has 0 radical (unpaired) electrons. The van der Waals surface area contributed by atoms with Crippen molar-refractivity contribution >= 4 is 10.9 Å². The largest absolute Gasteiger partial charge is 0.305 e. The Kier molecular flexibility index (Phi) is 7.18. The van der Waals surface area contributed by atoms with Crippen molar-refractivity contribution in [1.82, 2.24) is 19.4 Å². The Morgan fingerprint density at radius 1 is 1.14 bits per heavy atom. The second-order valence-electron chi connectivity index (χ2n) is 7.94. The molecule has 2 aromatic rings. The quantitative estimate of drug-likeness (QED) is 0.723. The zero-order valence-corrected chi connectivity index (χ0v) is 17.5. The third-order valence-corrected chi connectivity index (χ3v) is 5.74. The molecule has 1 aliphatic heterocycles. The van der Waals surface area contributed by atoms with Gasteiger partial charge in [-0.3, -0.25) is 14.3 Å². The Morgan fingerprint density at radius 3 is 2.71 bits per heavy atom. The van der Waals surface area contributed by atoms with Crippen LogP contribution in [0.15, 0.2) is 23.0 Å². The van der Waals surface area contributed by atoms with E-state index in [-0.39, 0.29) is 17.4 Å². The average molecular weight is 389 g/mol. The summed E-state index contributed by atoms with van der Waals surface area (Å²) in [6.45, 7) is 9.06. The van der Waals surface area contributed by atoms with Crippen LogP contribution in [0.2, 0.25) is 0 Å². The van der Waals surface area contributed by atoms with Gasteiger partial charge in [0.2, 0.25) is 0 Å². The van der Waals surface area contributed by atoms with E-state index in [2.05, 4.69) is 30.7 Å². The van der Waals surface area contributed by atoms with Crippen molar-refractivity contribution in [1.29, 1.82) is 0 Å². The van der Waals surface area contributed by atoms with Gasteiger partial charge in [0.05, 0.1) is 16.9 Å². The van der Waals surface area contributed by atoms with Crippen LogP contribution in [-0.4, -0.2) is 52.6 Å². The first kappa shape index (κ1) is 20.9. The fourth-order valence-electron chi connectivity index (χ4n) is 4.12. The van der Waals surface area contributed by atoms with Gasteiger partial charge < -0.3 is 4.90 Å². The summed E-state index contributed by atoms with van der Waals surface area (Å²) in [7, 11) is 2.17. The fourth-order valence-corrected chi connectivity index (χ4v) is 4.12. The van der Waals surface area contributed by atoms with E-state index in [1.807, 2.05) is 4.57 Å². The second-order valence-corrected chi connectivity index (χ2v) is 7.94. The van der Waals surface area contributed by atoms with E-state index in [0.717, 1.165) is 64.1 Å². The van der Waals surface area contributed by atoms with Crippen LogP contribution in [0.1, 0.15) is 57.8 Å². The SMILES string of the molecule is CCCCn1c(C(CCC)N2CCCN(C)CC2)nc2ccc(F)cc2c1=O. The molecule has 0 amide bonds. The van der Waals surface area contributed by atoms with E-state index in [0.29, 0.717) is 17.4 Å².